The number of rotatable bonds is 9. The number of halogens is 2. The molecular weight excluding hydrogens is 475 g/mol. The Labute approximate surface area is 209 Å². The Kier molecular flexibility index (Phi) is 8.85. The van der Waals surface area contributed by atoms with Gasteiger partial charge in [0.15, 0.2) is 0 Å². The average Bonchev–Trinajstić information content (AvgIpc) is 2.79. The van der Waals surface area contributed by atoms with E-state index >= 15 is 0 Å². The Morgan fingerprint density at radius 1 is 1.26 bits per heavy atom. The number of hydrogen-bond acceptors (Lipinski definition) is 5. The van der Waals surface area contributed by atoms with Crippen molar-refractivity contribution in [1.82, 2.24) is 20.8 Å². The van der Waals surface area contributed by atoms with E-state index in [2.05, 4.69) is 10.9 Å². The molecule has 2 aromatic carbocycles. The Morgan fingerprint density at radius 2 is 2.00 bits per heavy atom. The second-order valence-electron chi connectivity index (χ2n) is 8.96. The summed E-state index contributed by atoms with van der Waals surface area (Å²) in [5, 5.41) is 12.3. The van der Waals surface area contributed by atoms with Gasteiger partial charge in [0.05, 0.1) is 24.8 Å². The average molecular weight is 505 g/mol. The van der Waals surface area contributed by atoms with Gasteiger partial charge >= 0.3 is 6.03 Å². The number of hydrogen-bond donors (Lipinski definition) is 3. The van der Waals surface area contributed by atoms with E-state index in [0.717, 1.165) is 5.56 Å². The van der Waals surface area contributed by atoms with Gasteiger partial charge in [-0.15, -0.1) is 0 Å². The smallest absolute Gasteiger partial charge is 0.345 e. The van der Waals surface area contributed by atoms with E-state index in [0.29, 0.717) is 16.1 Å². The van der Waals surface area contributed by atoms with Crippen LogP contribution in [0.25, 0.3) is 6.08 Å². The first-order valence-corrected chi connectivity index (χ1v) is 11.6. The fourth-order valence-corrected chi connectivity index (χ4v) is 4.02. The van der Waals surface area contributed by atoms with Gasteiger partial charge in [0.1, 0.15) is 5.82 Å². The van der Waals surface area contributed by atoms with Crippen LogP contribution in [0, 0.1) is 5.82 Å². The number of urea groups is 1. The molecule has 1 aliphatic rings. The van der Waals surface area contributed by atoms with Gasteiger partial charge in [-0.25, -0.2) is 20.1 Å². The molecule has 188 valence electrons. The van der Waals surface area contributed by atoms with E-state index in [1.807, 2.05) is 18.2 Å². The molecule has 2 aromatic rings. The first-order chi connectivity index (χ1) is 16.5. The molecule has 0 aliphatic carbocycles. The monoisotopic (exact) mass is 504 g/mol. The Morgan fingerprint density at radius 3 is 2.69 bits per heavy atom. The van der Waals surface area contributed by atoms with Crippen molar-refractivity contribution in [3.63, 3.8) is 0 Å². The van der Waals surface area contributed by atoms with E-state index < -0.39 is 17.7 Å². The minimum Gasteiger partial charge on any atom is -0.390 e. The fourth-order valence-electron chi connectivity index (χ4n) is 3.82. The van der Waals surface area contributed by atoms with Crippen LogP contribution in [0.2, 0.25) is 5.02 Å². The molecule has 35 heavy (non-hydrogen) atoms. The zero-order chi connectivity index (χ0) is 25.6. The number of carbonyl (C=O) groups is 2. The van der Waals surface area contributed by atoms with Crippen molar-refractivity contribution in [2.24, 2.45) is 0 Å². The summed E-state index contributed by atoms with van der Waals surface area (Å²) in [6, 6.07) is 10.8. The van der Waals surface area contributed by atoms with Crippen LogP contribution in [0.1, 0.15) is 43.9 Å². The fraction of sp³-hybridized carbons (Fsp3) is 0.360. The SMILES string of the molecule is CC(=O)N(NCc1ccccc1Cl)[C@H](CONC(=O)N1C=Cc2c(F)cccc2C1)CC(C)(C)O. The number of benzene rings is 2. The Hall–Kier alpha value is -2.98. The summed E-state index contributed by atoms with van der Waals surface area (Å²) < 4.78 is 13.9. The highest BCUT2D eigenvalue weighted by atomic mass is 35.5. The van der Waals surface area contributed by atoms with Gasteiger partial charge in [0, 0.05) is 30.3 Å². The van der Waals surface area contributed by atoms with E-state index in [-0.39, 0.29) is 37.8 Å². The molecule has 0 unspecified atom stereocenters. The quantitative estimate of drug-likeness (QED) is 0.449. The third-order valence-electron chi connectivity index (χ3n) is 5.44. The summed E-state index contributed by atoms with van der Waals surface area (Å²) in [7, 11) is 0. The summed E-state index contributed by atoms with van der Waals surface area (Å²) in [5.41, 5.74) is 6.23. The van der Waals surface area contributed by atoms with Crippen LogP contribution >= 0.6 is 11.6 Å². The van der Waals surface area contributed by atoms with Gasteiger partial charge in [0.2, 0.25) is 5.91 Å². The van der Waals surface area contributed by atoms with Crippen LogP contribution in [0.5, 0.6) is 0 Å². The highest BCUT2D eigenvalue weighted by molar-refractivity contribution is 6.31. The summed E-state index contributed by atoms with van der Waals surface area (Å²) in [6.45, 7) is 5.02. The number of nitrogens with one attached hydrogen (secondary N) is 2. The van der Waals surface area contributed by atoms with Crippen molar-refractivity contribution in [2.75, 3.05) is 6.61 Å². The first kappa shape index (κ1) is 26.6. The van der Waals surface area contributed by atoms with E-state index in [1.165, 1.54) is 35.2 Å². The maximum atomic E-state index is 13.9. The van der Waals surface area contributed by atoms with Crippen molar-refractivity contribution >= 4 is 29.6 Å². The Bertz CT molecular complexity index is 1090. The van der Waals surface area contributed by atoms with E-state index in [9.17, 15) is 19.1 Å². The molecule has 8 nitrogen and oxygen atoms in total. The highest BCUT2D eigenvalue weighted by Crippen LogP contribution is 2.22. The van der Waals surface area contributed by atoms with Crippen molar-refractivity contribution in [3.8, 4) is 0 Å². The molecule has 1 heterocycles. The maximum Gasteiger partial charge on any atom is 0.345 e. The van der Waals surface area contributed by atoms with Crippen LogP contribution in [0.15, 0.2) is 48.7 Å². The van der Waals surface area contributed by atoms with Crippen LogP contribution < -0.4 is 10.9 Å². The number of fused-ring (bicyclic) bond motifs is 1. The maximum absolute atomic E-state index is 13.9. The van der Waals surface area contributed by atoms with Crippen LogP contribution in [-0.2, 0) is 22.7 Å². The third-order valence-corrected chi connectivity index (χ3v) is 5.81. The van der Waals surface area contributed by atoms with Gasteiger partial charge in [-0.3, -0.25) is 19.5 Å². The molecule has 0 spiro atoms. The van der Waals surface area contributed by atoms with Gasteiger partial charge in [0.25, 0.3) is 0 Å². The second kappa shape index (κ2) is 11.6. The number of nitrogens with zero attached hydrogens (tertiary/aromatic N) is 2. The second-order valence-corrected chi connectivity index (χ2v) is 9.37. The number of hydroxylamine groups is 1. The van der Waals surface area contributed by atoms with Gasteiger partial charge < -0.3 is 5.11 Å². The summed E-state index contributed by atoms with van der Waals surface area (Å²) in [5.74, 6) is -0.642. The molecular formula is C25H30ClFN4O4. The third kappa shape index (κ3) is 7.50. The molecule has 10 heteroatoms. The van der Waals surface area contributed by atoms with Gasteiger partial charge in [-0.2, -0.15) is 0 Å². The number of carbonyl (C=O) groups excluding carboxylic acids is 2. The summed E-state index contributed by atoms with van der Waals surface area (Å²) in [6.07, 6.45) is 3.18. The molecule has 3 N–H and O–H groups in total. The van der Waals surface area contributed by atoms with Crippen molar-refractivity contribution in [2.45, 2.75) is 51.9 Å². The van der Waals surface area contributed by atoms with Gasteiger partial charge in [-0.1, -0.05) is 41.9 Å². The van der Waals surface area contributed by atoms with E-state index in [1.54, 1.807) is 32.0 Å². The minimum atomic E-state index is -1.11. The molecule has 1 atom stereocenters. The largest absolute Gasteiger partial charge is 0.390 e. The summed E-state index contributed by atoms with van der Waals surface area (Å²) in [4.78, 5) is 31.8. The zero-order valence-electron chi connectivity index (χ0n) is 19.9. The lowest BCUT2D eigenvalue weighted by Gasteiger charge is -2.34. The van der Waals surface area contributed by atoms with Crippen LogP contribution in [0.3, 0.4) is 0 Å². The Balaban J connectivity index is 1.62. The predicted molar refractivity (Wildman–Crippen MR) is 131 cm³/mol. The van der Waals surface area contributed by atoms with Crippen molar-refractivity contribution < 1.29 is 23.9 Å². The molecule has 0 aromatic heterocycles. The van der Waals surface area contributed by atoms with Crippen molar-refractivity contribution in [1.29, 1.82) is 0 Å². The molecule has 0 fully saturated rings. The first-order valence-electron chi connectivity index (χ1n) is 11.2. The van der Waals surface area contributed by atoms with Gasteiger partial charge in [-0.05, 0) is 49.6 Å². The summed E-state index contributed by atoms with van der Waals surface area (Å²) >= 11 is 6.22. The highest BCUT2D eigenvalue weighted by Gasteiger charge is 2.29. The van der Waals surface area contributed by atoms with E-state index in [4.69, 9.17) is 16.4 Å². The lowest BCUT2D eigenvalue weighted by Crippen LogP contribution is -2.53. The standard InChI is InChI=1S/C25H30ClFN4O4/c1-17(32)31(28-14-18-7-4-5-9-22(18)26)20(13-25(2,3)34)16-35-29-24(33)30-12-11-21-19(15-30)8-6-10-23(21)27/h4-12,20,28,34H,13-16H2,1-3H3,(H,29,33)/t20-/m0/s1. The normalized spacial score (nSPS) is 13.8. The molecule has 3 amide bonds. The molecule has 1 aliphatic heterocycles. The minimum absolute atomic E-state index is 0.0897. The zero-order valence-corrected chi connectivity index (χ0v) is 20.7. The molecule has 0 radical (unpaired) electrons. The van der Waals surface area contributed by atoms with Crippen LogP contribution in [-0.4, -0.2) is 45.2 Å². The lowest BCUT2D eigenvalue weighted by molar-refractivity contribution is -0.139. The van der Waals surface area contributed by atoms with Crippen molar-refractivity contribution in [3.05, 3.63) is 76.2 Å². The van der Waals surface area contributed by atoms with Crippen LogP contribution in [0.4, 0.5) is 9.18 Å². The number of amides is 3. The molecule has 0 bridgehead atoms. The number of aliphatic hydroxyl groups is 1. The predicted octanol–water partition coefficient (Wildman–Crippen LogP) is 3.99. The molecule has 0 saturated carbocycles. The topological polar surface area (TPSA) is 94.1 Å². The number of hydrazine groups is 1. The molecule has 0 saturated heterocycles. The lowest BCUT2D eigenvalue weighted by atomic mass is 9.99. The molecule has 3 rings (SSSR count).